The average molecular weight is 413 g/mol. The van der Waals surface area contributed by atoms with Crippen LogP contribution in [0.25, 0.3) is 5.69 Å². The third-order valence-electron chi connectivity index (χ3n) is 4.42. The number of carbonyl (C=O) groups excluding carboxylic acids is 1. The second-order valence-electron chi connectivity index (χ2n) is 7.08. The normalized spacial score (nSPS) is 12.4. The number of amides is 1. The van der Waals surface area contributed by atoms with Gasteiger partial charge in [-0.3, -0.25) is 9.52 Å². The maximum absolute atomic E-state index is 12.6. The van der Waals surface area contributed by atoms with Crippen LogP contribution in [0.1, 0.15) is 40.3 Å². The fourth-order valence-electron chi connectivity index (χ4n) is 3.09. The number of aryl methyl sites for hydroxylation is 2. The van der Waals surface area contributed by atoms with Gasteiger partial charge < -0.3 is 5.32 Å². The zero-order chi connectivity index (χ0) is 21.2. The van der Waals surface area contributed by atoms with Crippen molar-refractivity contribution in [1.29, 1.82) is 0 Å². The molecule has 1 aromatic heterocycles. The number of aromatic nitrogens is 2. The number of carbonyl (C=O) groups is 1. The van der Waals surface area contributed by atoms with Gasteiger partial charge >= 0.3 is 0 Å². The van der Waals surface area contributed by atoms with Crippen LogP contribution >= 0.6 is 0 Å². The van der Waals surface area contributed by atoms with E-state index >= 15 is 0 Å². The van der Waals surface area contributed by atoms with Gasteiger partial charge in [-0.05, 0) is 68.8 Å². The first kappa shape index (κ1) is 20.6. The van der Waals surface area contributed by atoms with E-state index in [4.69, 9.17) is 0 Å². The Morgan fingerprint density at radius 3 is 2.34 bits per heavy atom. The maximum atomic E-state index is 12.6. The predicted molar refractivity (Wildman–Crippen MR) is 114 cm³/mol. The van der Waals surface area contributed by atoms with E-state index in [0.29, 0.717) is 11.3 Å². The van der Waals surface area contributed by atoms with Crippen molar-refractivity contribution < 1.29 is 13.2 Å². The second kappa shape index (κ2) is 8.08. The van der Waals surface area contributed by atoms with Crippen LogP contribution in [0.15, 0.2) is 54.6 Å². The Kier molecular flexibility index (Phi) is 5.74. The van der Waals surface area contributed by atoms with Gasteiger partial charge in [0, 0.05) is 16.9 Å². The van der Waals surface area contributed by atoms with E-state index in [0.717, 1.165) is 28.9 Å². The van der Waals surface area contributed by atoms with Gasteiger partial charge in [-0.2, -0.15) is 5.10 Å². The number of rotatable bonds is 6. The summed E-state index contributed by atoms with van der Waals surface area (Å²) in [5.74, 6) is -0.209. The topological polar surface area (TPSA) is 93.1 Å². The summed E-state index contributed by atoms with van der Waals surface area (Å²) in [6, 6.07) is 15.9. The second-order valence-corrected chi connectivity index (χ2v) is 8.83. The zero-order valence-electron chi connectivity index (χ0n) is 16.8. The number of hydrogen-bond acceptors (Lipinski definition) is 4. The highest BCUT2D eigenvalue weighted by molar-refractivity contribution is 7.92. The van der Waals surface area contributed by atoms with Crippen LogP contribution in [-0.2, 0) is 10.0 Å². The van der Waals surface area contributed by atoms with Crippen molar-refractivity contribution in [2.24, 2.45) is 0 Å². The number of nitrogens with zero attached hydrogens (tertiary/aromatic N) is 2. The van der Waals surface area contributed by atoms with E-state index in [1.165, 1.54) is 0 Å². The van der Waals surface area contributed by atoms with Crippen LogP contribution in [0.3, 0.4) is 0 Å². The summed E-state index contributed by atoms with van der Waals surface area (Å²) in [5, 5.41) is 7.38. The molecule has 0 saturated carbocycles. The van der Waals surface area contributed by atoms with E-state index in [2.05, 4.69) is 15.1 Å². The summed E-state index contributed by atoms with van der Waals surface area (Å²) in [6.07, 6.45) is 1.10. The molecule has 7 nitrogen and oxygen atoms in total. The standard InChI is InChI=1S/C21H24N4O3S/c1-14-12-15(2)25(23-14)20-10-8-17(9-11-20)21(26)22-16(3)18-6-5-7-19(13-18)24-29(4,27)28/h5-13,16,24H,1-4H3,(H,22,26). The molecule has 0 aliphatic carbocycles. The molecule has 152 valence electrons. The molecule has 1 amide bonds. The molecule has 0 spiro atoms. The van der Waals surface area contributed by atoms with Gasteiger partial charge in [0.2, 0.25) is 10.0 Å². The molecule has 3 rings (SSSR count). The first-order chi connectivity index (χ1) is 13.6. The quantitative estimate of drug-likeness (QED) is 0.649. The highest BCUT2D eigenvalue weighted by Crippen LogP contribution is 2.19. The van der Waals surface area contributed by atoms with Crippen molar-refractivity contribution >= 4 is 21.6 Å². The van der Waals surface area contributed by atoms with Crippen LogP contribution in [0.5, 0.6) is 0 Å². The summed E-state index contributed by atoms with van der Waals surface area (Å²) in [5.41, 5.74) is 4.64. The van der Waals surface area contributed by atoms with Gasteiger partial charge in [0.15, 0.2) is 0 Å². The van der Waals surface area contributed by atoms with Gasteiger partial charge in [-0.25, -0.2) is 13.1 Å². The number of anilines is 1. The van der Waals surface area contributed by atoms with E-state index in [1.807, 2.05) is 49.7 Å². The summed E-state index contributed by atoms with van der Waals surface area (Å²) in [6.45, 7) is 5.77. The van der Waals surface area contributed by atoms with Crippen LogP contribution in [0.4, 0.5) is 5.69 Å². The number of nitrogens with one attached hydrogen (secondary N) is 2. The third kappa shape index (κ3) is 5.23. The minimum Gasteiger partial charge on any atom is -0.346 e. The Labute approximate surface area is 170 Å². The number of sulfonamides is 1. The Balaban J connectivity index is 1.71. The smallest absolute Gasteiger partial charge is 0.251 e. The van der Waals surface area contributed by atoms with Crippen molar-refractivity contribution in [3.05, 3.63) is 77.1 Å². The Hall–Kier alpha value is -3.13. The molecule has 2 N–H and O–H groups in total. The molecule has 1 unspecified atom stereocenters. The Morgan fingerprint density at radius 1 is 1.07 bits per heavy atom. The monoisotopic (exact) mass is 412 g/mol. The Morgan fingerprint density at radius 2 is 1.76 bits per heavy atom. The Bertz CT molecular complexity index is 1130. The molecule has 2 aromatic carbocycles. The zero-order valence-corrected chi connectivity index (χ0v) is 17.6. The van der Waals surface area contributed by atoms with Crippen molar-refractivity contribution in [1.82, 2.24) is 15.1 Å². The molecule has 3 aromatic rings. The lowest BCUT2D eigenvalue weighted by Gasteiger charge is -2.16. The molecule has 1 heterocycles. The molecule has 0 radical (unpaired) electrons. The van der Waals surface area contributed by atoms with E-state index in [-0.39, 0.29) is 11.9 Å². The number of benzene rings is 2. The van der Waals surface area contributed by atoms with E-state index in [9.17, 15) is 13.2 Å². The molecule has 0 bridgehead atoms. The summed E-state index contributed by atoms with van der Waals surface area (Å²) in [4.78, 5) is 12.6. The largest absolute Gasteiger partial charge is 0.346 e. The van der Waals surface area contributed by atoms with E-state index < -0.39 is 10.0 Å². The predicted octanol–water partition coefficient (Wildman–Crippen LogP) is 3.35. The summed E-state index contributed by atoms with van der Waals surface area (Å²) in [7, 11) is -3.36. The van der Waals surface area contributed by atoms with Crippen LogP contribution < -0.4 is 10.0 Å². The summed E-state index contributed by atoms with van der Waals surface area (Å²) < 4.78 is 27.1. The molecule has 1 atom stereocenters. The molecule has 0 aliphatic heterocycles. The molecular formula is C21H24N4O3S. The minimum atomic E-state index is -3.36. The highest BCUT2D eigenvalue weighted by atomic mass is 32.2. The van der Waals surface area contributed by atoms with Crippen molar-refractivity contribution in [3.63, 3.8) is 0 Å². The first-order valence-electron chi connectivity index (χ1n) is 9.15. The summed E-state index contributed by atoms with van der Waals surface area (Å²) >= 11 is 0. The molecular weight excluding hydrogens is 388 g/mol. The van der Waals surface area contributed by atoms with Gasteiger partial charge in [-0.15, -0.1) is 0 Å². The van der Waals surface area contributed by atoms with Crippen molar-refractivity contribution in [2.45, 2.75) is 26.8 Å². The van der Waals surface area contributed by atoms with Gasteiger partial charge in [0.25, 0.3) is 5.91 Å². The lowest BCUT2D eigenvalue weighted by molar-refractivity contribution is 0.0940. The highest BCUT2D eigenvalue weighted by Gasteiger charge is 2.13. The number of hydrogen-bond donors (Lipinski definition) is 2. The lowest BCUT2D eigenvalue weighted by atomic mass is 10.1. The SMILES string of the molecule is Cc1cc(C)n(-c2ccc(C(=O)NC(C)c3cccc(NS(C)(=O)=O)c3)cc2)n1. The van der Waals surface area contributed by atoms with Crippen molar-refractivity contribution in [2.75, 3.05) is 11.0 Å². The first-order valence-corrected chi connectivity index (χ1v) is 11.0. The van der Waals surface area contributed by atoms with Crippen LogP contribution in [-0.4, -0.2) is 30.4 Å². The third-order valence-corrected chi connectivity index (χ3v) is 5.03. The molecule has 0 saturated heterocycles. The maximum Gasteiger partial charge on any atom is 0.251 e. The van der Waals surface area contributed by atoms with Gasteiger partial charge in [0.05, 0.1) is 23.7 Å². The molecule has 0 fully saturated rings. The van der Waals surface area contributed by atoms with Gasteiger partial charge in [0.1, 0.15) is 0 Å². The minimum absolute atomic E-state index is 0.209. The van der Waals surface area contributed by atoms with E-state index in [1.54, 1.807) is 30.3 Å². The average Bonchev–Trinajstić information content (AvgIpc) is 2.98. The van der Waals surface area contributed by atoms with Crippen LogP contribution in [0.2, 0.25) is 0 Å². The van der Waals surface area contributed by atoms with Crippen LogP contribution in [0, 0.1) is 13.8 Å². The molecule has 0 aliphatic rings. The van der Waals surface area contributed by atoms with Crippen molar-refractivity contribution in [3.8, 4) is 5.69 Å². The molecule has 8 heteroatoms. The lowest BCUT2D eigenvalue weighted by Crippen LogP contribution is -2.26. The molecule has 29 heavy (non-hydrogen) atoms. The fraction of sp³-hybridized carbons (Fsp3) is 0.238. The van der Waals surface area contributed by atoms with Gasteiger partial charge in [-0.1, -0.05) is 12.1 Å². The fourth-order valence-corrected chi connectivity index (χ4v) is 3.65.